The molecule has 3 heteroatoms. The third-order valence-electron chi connectivity index (χ3n) is 2.04. The molecule has 80 valence electrons. The maximum Gasteiger partial charge on any atom is 0.129 e. The average molecular weight is 212 g/mol. The number of nitrogens with one attached hydrogen (secondary N) is 1. The van der Waals surface area contributed by atoms with Crippen LogP contribution >= 0.6 is 7.92 Å². The van der Waals surface area contributed by atoms with E-state index in [-0.39, 0.29) is 7.92 Å². The van der Waals surface area contributed by atoms with E-state index in [1.807, 2.05) is 12.4 Å². The maximum absolute atomic E-state index is 4.42. The van der Waals surface area contributed by atoms with Crippen LogP contribution in [0.3, 0.4) is 0 Å². The van der Waals surface area contributed by atoms with Crippen molar-refractivity contribution < 1.29 is 0 Å². The number of hydrogen-bond acceptors (Lipinski definition) is 1. The Morgan fingerprint density at radius 2 is 1.57 bits per heavy atom. The summed E-state index contributed by atoms with van der Waals surface area (Å²) in [6.45, 7) is 13.8. The van der Waals surface area contributed by atoms with Crippen molar-refractivity contribution in [3.8, 4) is 0 Å². The van der Waals surface area contributed by atoms with Gasteiger partial charge in [0.25, 0.3) is 0 Å². The fraction of sp³-hybridized carbons (Fsp3) is 0.727. The fourth-order valence-corrected chi connectivity index (χ4v) is 5.69. The van der Waals surface area contributed by atoms with E-state index in [1.165, 1.54) is 5.57 Å². The van der Waals surface area contributed by atoms with Crippen LogP contribution in [0.4, 0.5) is 0 Å². The highest BCUT2D eigenvalue weighted by Crippen LogP contribution is 2.57. The van der Waals surface area contributed by atoms with E-state index in [0.717, 1.165) is 0 Å². The summed E-state index contributed by atoms with van der Waals surface area (Å²) in [5, 5.41) is 0.594. The van der Waals surface area contributed by atoms with Crippen LogP contribution in [0.15, 0.2) is 12.4 Å². The molecule has 2 nitrogen and oxygen atoms in total. The Morgan fingerprint density at radius 1 is 1.07 bits per heavy atom. The van der Waals surface area contributed by atoms with E-state index in [9.17, 15) is 0 Å². The lowest BCUT2D eigenvalue weighted by atomic mass is 10.2. The molecular weight excluding hydrogens is 191 g/mol. The normalized spacial score (nSPS) is 13.6. The van der Waals surface area contributed by atoms with Crippen molar-refractivity contribution in [3.63, 3.8) is 0 Å². The van der Waals surface area contributed by atoms with E-state index >= 15 is 0 Å². The van der Waals surface area contributed by atoms with Gasteiger partial charge in [0.05, 0.1) is 0 Å². The van der Waals surface area contributed by atoms with Crippen molar-refractivity contribution >= 4 is 13.5 Å². The molecule has 0 bridgehead atoms. The Bertz CT molecular complexity index is 263. The second-order valence-corrected chi connectivity index (χ2v) is 9.37. The topological polar surface area (TPSA) is 28.7 Å². The molecule has 0 aliphatic carbocycles. The molecule has 0 saturated heterocycles. The zero-order chi connectivity index (χ0) is 11.0. The third kappa shape index (κ3) is 2.57. The molecular formula is C11H21N2P. The minimum Gasteiger partial charge on any atom is -0.345 e. The van der Waals surface area contributed by atoms with Crippen LogP contribution in [0.1, 0.15) is 41.5 Å². The van der Waals surface area contributed by atoms with Gasteiger partial charge in [0.1, 0.15) is 5.57 Å². The fourth-order valence-electron chi connectivity index (χ4n) is 2.02. The Morgan fingerprint density at radius 3 is 1.86 bits per heavy atom. The van der Waals surface area contributed by atoms with Crippen LogP contribution in [0, 0.1) is 0 Å². The van der Waals surface area contributed by atoms with Crippen molar-refractivity contribution in [1.29, 1.82) is 0 Å². The summed E-state index contributed by atoms with van der Waals surface area (Å²) in [5.41, 5.74) is 1.17. The smallest absolute Gasteiger partial charge is 0.129 e. The highest BCUT2D eigenvalue weighted by Gasteiger charge is 2.37. The predicted octanol–water partition coefficient (Wildman–Crippen LogP) is 3.11. The molecule has 0 saturated carbocycles. The molecule has 1 rings (SSSR count). The molecule has 0 amide bonds. The molecule has 1 aromatic rings. The average Bonchev–Trinajstić information content (AvgIpc) is 2.31. The molecule has 0 unspecified atom stereocenters. The molecule has 14 heavy (non-hydrogen) atoms. The van der Waals surface area contributed by atoms with Gasteiger partial charge in [-0.2, -0.15) is 0 Å². The van der Waals surface area contributed by atoms with Gasteiger partial charge in [0, 0.05) is 12.4 Å². The lowest BCUT2D eigenvalue weighted by molar-refractivity contribution is 0.713. The molecule has 1 heterocycles. The number of rotatable bonds is 1. The number of nitrogens with zero attached hydrogens (tertiary/aromatic N) is 1. The van der Waals surface area contributed by atoms with Gasteiger partial charge >= 0.3 is 0 Å². The van der Waals surface area contributed by atoms with Crippen molar-refractivity contribution in [2.75, 3.05) is 0 Å². The van der Waals surface area contributed by atoms with Crippen LogP contribution < -0.4 is 5.57 Å². The highest BCUT2D eigenvalue weighted by molar-refractivity contribution is 7.68. The Hall–Kier alpha value is -0.360. The SMILES string of the molecule is CC(C)(C)P(c1ncc[nH]1)C(C)(C)C. The summed E-state index contributed by atoms with van der Waals surface area (Å²) in [6.07, 6.45) is 3.77. The van der Waals surface area contributed by atoms with E-state index in [1.54, 1.807) is 0 Å². The van der Waals surface area contributed by atoms with Crippen LogP contribution in [0.2, 0.25) is 0 Å². The van der Waals surface area contributed by atoms with E-state index in [2.05, 4.69) is 51.5 Å². The summed E-state index contributed by atoms with van der Waals surface area (Å²) in [4.78, 5) is 7.69. The van der Waals surface area contributed by atoms with E-state index < -0.39 is 0 Å². The first-order valence-corrected chi connectivity index (χ1v) is 6.37. The molecule has 0 fully saturated rings. The lowest BCUT2D eigenvalue weighted by Crippen LogP contribution is -2.32. The van der Waals surface area contributed by atoms with Crippen LogP contribution in [0.25, 0.3) is 0 Å². The highest BCUT2D eigenvalue weighted by atomic mass is 31.1. The first-order valence-electron chi connectivity index (χ1n) is 5.02. The first kappa shape index (κ1) is 11.7. The molecule has 0 aromatic carbocycles. The maximum atomic E-state index is 4.42. The van der Waals surface area contributed by atoms with Crippen molar-refractivity contribution in [3.05, 3.63) is 12.4 Å². The predicted molar refractivity (Wildman–Crippen MR) is 64.6 cm³/mol. The van der Waals surface area contributed by atoms with E-state index in [0.29, 0.717) is 10.3 Å². The Balaban J connectivity index is 3.08. The summed E-state index contributed by atoms with van der Waals surface area (Å²) in [5.74, 6) is 0. The minimum atomic E-state index is -0.267. The van der Waals surface area contributed by atoms with Gasteiger partial charge in [0.2, 0.25) is 0 Å². The van der Waals surface area contributed by atoms with Gasteiger partial charge in [-0.1, -0.05) is 41.5 Å². The number of aromatic amines is 1. The van der Waals surface area contributed by atoms with Crippen LogP contribution in [-0.2, 0) is 0 Å². The third-order valence-corrected chi connectivity index (χ3v) is 5.39. The monoisotopic (exact) mass is 212 g/mol. The van der Waals surface area contributed by atoms with Gasteiger partial charge in [0.15, 0.2) is 0 Å². The standard InChI is InChI=1S/C11H21N2P/c1-10(2,3)14(11(4,5)6)9-12-7-8-13-9/h7-8H,1-6H3,(H,12,13). The van der Waals surface area contributed by atoms with Crippen molar-refractivity contribution in [2.45, 2.75) is 51.9 Å². The number of aromatic nitrogens is 2. The molecule has 0 aliphatic heterocycles. The molecule has 0 spiro atoms. The summed E-state index contributed by atoms with van der Waals surface area (Å²) < 4.78 is 0. The van der Waals surface area contributed by atoms with E-state index in [4.69, 9.17) is 0 Å². The number of H-pyrrole nitrogens is 1. The quantitative estimate of drug-likeness (QED) is 0.712. The summed E-state index contributed by atoms with van der Waals surface area (Å²) in [7, 11) is -0.267. The summed E-state index contributed by atoms with van der Waals surface area (Å²) >= 11 is 0. The second-order valence-electron chi connectivity index (χ2n) is 5.59. The molecule has 0 atom stereocenters. The summed E-state index contributed by atoms with van der Waals surface area (Å²) in [6, 6.07) is 0. The van der Waals surface area contributed by atoms with Crippen LogP contribution in [-0.4, -0.2) is 20.3 Å². The lowest BCUT2D eigenvalue weighted by Gasteiger charge is -2.39. The van der Waals surface area contributed by atoms with Gasteiger partial charge in [-0.25, -0.2) is 4.98 Å². The Labute approximate surface area is 88.3 Å². The minimum absolute atomic E-state index is 0.267. The zero-order valence-corrected chi connectivity index (χ0v) is 10.9. The van der Waals surface area contributed by atoms with Gasteiger partial charge in [-0.15, -0.1) is 0 Å². The first-order chi connectivity index (χ1) is 6.23. The second kappa shape index (κ2) is 3.66. The molecule has 0 aliphatic rings. The number of imidazole rings is 1. The van der Waals surface area contributed by atoms with Crippen molar-refractivity contribution in [2.24, 2.45) is 0 Å². The van der Waals surface area contributed by atoms with Gasteiger partial charge in [-0.05, 0) is 18.2 Å². The number of hydrogen-bond donors (Lipinski definition) is 1. The largest absolute Gasteiger partial charge is 0.345 e. The molecule has 0 radical (unpaired) electrons. The van der Waals surface area contributed by atoms with Crippen LogP contribution in [0.5, 0.6) is 0 Å². The molecule has 1 N–H and O–H groups in total. The van der Waals surface area contributed by atoms with Gasteiger partial charge in [-0.3, -0.25) is 0 Å². The Kier molecular flexibility index (Phi) is 3.06. The van der Waals surface area contributed by atoms with Crippen molar-refractivity contribution in [1.82, 2.24) is 9.97 Å². The van der Waals surface area contributed by atoms with Gasteiger partial charge < -0.3 is 4.98 Å². The molecule has 1 aromatic heterocycles. The zero-order valence-electron chi connectivity index (χ0n) is 10.0.